The number of nitrogen functional groups attached to an aromatic ring is 1. The van der Waals surface area contributed by atoms with E-state index in [9.17, 15) is 4.79 Å². The van der Waals surface area contributed by atoms with Crippen molar-refractivity contribution in [2.24, 2.45) is 0 Å². The van der Waals surface area contributed by atoms with E-state index in [1.54, 1.807) is 0 Å². The van der Waals surface area contributed by atoms with Crippen LogP contribution in [0.1, 0.15) is 19.4 Å². The van der Waals surface area contributed by atoms with Crippen molar-refractivity contribution < 1.29 is 9.53 Å². The summed E-state index contributed by atoms with van der Waals surface area (Å²) >= 11 is 1.29. The monoisotopic (exact) mass is 409 g/mol. The number of hydrogen-bond donors (Lipinski definition) is 1. The average Bonchev–Trinajstić information content (AvgIpc) is 3.26. The van der Waals surface area contributed by atoms with Gasteiger partial charge in [0.05, 0.1) is 12.4 Å². The first-order valence-electron chi connectivity index (χ1n) is 9.55. The van der Waals surface area contributed by atoms with E-state index in [0.717, 1.165) is 23.4 Å². The summed E-state index contributed by atoms with van der Waals surface area (Å²) in [5.74, 6) is 7.81. The summed E-state index contributed by atoms with van der Waals surface area (Å²) in [5, 5.41) is 8.85. The number of rotatable bonds is 6. The minimum absolute atomic E-state index is 0.0399. The highest BCUT2D eigenvalue weighted by atomic mass is 32.2. The summed E-state index contributed by atoms with van der Waals surface area (Å²) in [6.45, 7) is 4.62. The first-order chi connectivity index (χ1) is 14.1. The number of carbonyl (C=O) groups is 1. The number of nitrogens with zero attached hydrogens (tertiary/aromatic N) is 4. The van der Waals surface area contributed by atoms with Crippen molar-refractivity contribution >= 4 is 23.4 Å². The van der Waals surface area contributed by atoms with E-state index in [-0.39, 0.29) is 17.7 Å². The van der Waals surface area contributed by atoms with Crippen molar-refractivity contribution in [3.8, 4) is 17.1 Å². The Morgan fingerprint density at radius 1 is 1.21 bits per heavy atom. The fourth-order valence-corrected chi connectivity index (χ4v) is 4.30. The number of ether oxygens (including phenoxy) is 1. The molecule has 2 N–H and O–H groups in total. The van der Waals surface area contributed by atoms with Crippen LogP contribution in [0.5, 0.6) is 5.75 Å². The molecule has 0 spiro atoms. The lowest BCUT2D eigenvalue weighted by Crippen LogP contribution is -2.37. The molecule has 0 fully saturated rings. The lowest BCUT2D eigenvalue weighted by Gasteiger charge is -2.22. The van der Waals surface area contributed by atoms with Crippen LogP contribution in [-0.4, -0.2) is 39.2 Å². The number of para-hydroxylation sites is 1. The molecule has 29 heavy (non-hydrogen) atoms. The van der Waals surface area contributed by atoms with Gasteiger partial charge in [0.1, 0.15) is 5.75 Å². The number of fused-ring (bicyclic) bond motifs is 1. The normalized spacial score (nSPS) is 15.4. The molecule has 2 heterocycles. The first-order valence-corrected chi connectivity index (χ1v) is 10.5. The Bertz CT molecular complexity index is 1020. The predicted molar refractivity (Wildman–Crippen MR) is 115 cm³/mol. The molecule has 0 bridgehead atoms. The molecule has 0 unspecified atom stereocenters. The van der Waals surface area contributed by atoms with Crippen molar-refractivity contribution in [1.29, 1.82) is 0 Å². The molecule has 1 aliphatic rings. The zero-order chi connectivity index (χ0) is 20.4. The molecule has 4 rings (SSSR count). The summed E-state index contributed by atoms with van der Waals surface area (Å²) in [4.78, 5) is 14.7. The maximum atomic E-state index is 12.9. The van der Waals surface area contributed by atoms with E-state index in [2.05, 4.69) is 23.2 Å². The standard InChI is InChI=1S/C21H23N5O2S/c1-3-28-17-10-8-15(9-11-17)20-23-24-21(26(20)22)29-13-19(27)25-14(2)12-16-6-4-5-7-18(16)25/h4-11,14H,3,12-13,22H2,1-2H3/t14-/m0/s1. The van der Waals surface area contributed by atoms with E-state index < -0.39 is 0 Å². The molecular formula is C21H23N5O2S. The summed E-state index contributed by atoms with van der Waals surface area (Å²) < 4.78 is 6.88. The lowest BCUT2D eigenvalue weighted by molar-refractivity contribution is -0.116. The summed E-state index contributed by atoms with van der Waals surface area (Å²) in [5.41, 5.74) is 3.04. The van der Waals surface area contributed by atoms with E-state index in [0.29, 0.717) is 17.6 Å². The Balaban J connectivity index is 1.45. The van der Waals surface area contributed by atoms with Gasteiger partial charge in [-0.1, -0.05) is 30.0 Å². The third kappa shape index (κ3) is 3.80. The van der Waals surface area contributed by atoms with Crippen molar-refractivity contribution in [1.82, 2.24) is 14.9 Å². The van der Waals surface area contributed by atoms with Gasteiger partial charge in [-0.05, 0) is 56.2 Å². The van der Waals surface area contributed by atoms with Gasteiger partial charge < -0.3 is 15.5 Å². The van der Waals surface area contributed by atoms with Gasteiger partial charge in [-0.15, -0.1) is 10.2 Å². The Labute approximate surface area is 173 Å². The SMILES string of the molecule is CCOc1ccc(-c2nnc(SCC(=O)N3c4ccccc4C[C@@H]3C)n2N)cc1. The third-order valence-corrected chi connectivity index (χ3v) is 5.82. The zero-order valence-corrected chi connectivity index (χ0v) is 17.2. The minimum Gasteiger partial charge on any atom is -0.494 e. The smallest absolute Gasteiger partial charge is 0.237 e. The van der Waals surface area contributed by atoms with Gasteiger partial charge in [-0.2, -0.15) is 0 Å². The Morgan fingerprint density at radius 2 is 1.97 bits per heavy atom. The maximum absolute atomic E-state index is 12.9. The number of hydrogen-bond acceptors (Lipinski definition) is 6. The second-order valence-corrected chi connectivity index (χ2v) is 7.81. The maximum Gasteiger partial charge on any atom is 0.237 e. The van der Waals surface area contributed by atoms with Crippen LogP contribution in [0.15, 0.2) is 53.7 Å². The fourth-order valence-electron chi connectivity index (χ4n) is 3.58. The van der Waals surface area contributed by atoms with Crippen LogP contribution in [0.3, 0.4) is 0 Å². The lowest BCUT2D eigenvalue weighted by atomic mass is 10.1. The topological polar surface area (TPSA) is 86.3 Å². The molecule has 1 amide bonds. The summed E-state index contributed by atoms with van der Waals surface area (Å²) in [6, 6.07) is 15.7. The predicted octanol–water partition coefficient (Wildman–Crippen LogP) is 3.13. The molecule has 7 nitrogen and oxygen atoms in total. The largest absolute Gasteiger partial charge is 0.494 e. The highest BCUT2D eigenvalue weighted by Crippen LogP contribution is 2.33. The molecule has 0 aliphatic carbocycles. The Hall–Kier alpha value is -3.00. The average molecular weight is 410 g/mol. The van der Waals surface area contributed by atoms with E-state index >= 15 is 0 Å². The van der Waals surface area contributed by atoms with Crippen molar-refractivity contribution in [2.75, 3.05) is 23.1 Å². The number of amides is 1. The second kappa shape index (κ2) is 8.16. The molecule has 1 aliphatic heterocycles. The van der Waals surface area contributed by atoms with Crippen LogP contribution < -0.4 is 15.5 Å². The van der Waals surface area contributed by atoms with Crippen LogP contribution in [0.2, 0.25) is 0 Å². The second-order valence-electron chi connectivity index (χ2n) is 6.87. The minimum atomic E-state index is 0.0399. The molecular weight excluding hydrogens is 386 g/mol. The highest BCUT2D eigenvalue weighted by Gasteiger charge is 2.30. The van der Waals surface area contributed by atoms with E-state index in [1.165, 1.54) is 22.0 Å². The van der Waals surface area contributed by atoms with Gasteiger partial charge in [-0.3, -0.25) is 4.79 Å². The van der Waals surface area contributed by atoms with Crippen LogP contribution in [-0.2, 0) is 11.2 Å². The van der Waals surface area contributed by atoms with Crippen molar-refractivity contribution in [3.63, 3.8) is 0 Å². The highest BCUT2D eigenvalue weighted by molar-refractivity contribution is 7.99. The summed E-state index contributed by atoms with van der Waals surface area (Å²) in [7, 11) is 0. The van der Waals surface area contributed by atoms with Gasteiger partial charge in [0.15, 0.2) is 5.82 Å². The van der Waals surface area contributed by atoms with E-state index in [4.69, 9.17) is 10.6 Å². The van der Waals surface area contributed by atoms with Crippen LogP contribution in [0.25, 0.3) is 11.4 Å². The molecule has 0 radical (unpaired) electrons. The quantitative estimate of drug-likeness (QED) is 0.497. The summed E-state index contributed by atoms with van der Waals surface area (Å²) in [6.07, 6.45) is 0.877. The molecule has 0 saturated heterocycles. The number of benzene rings is 2. The molecule has 8 heteroatoms. The number of anilines is 1. The number of thioether (sulfide) groups is 1. The van der Waals surface area contributed by atoms with Gasteiger partial charge >= 0.3 is 0 Å². The number of carbonyl (C=O) groups excluding carboxylic acids is 1. The van der Waals surface area contributed by atoms with Crippen LogP contribution >= 0.6 is 11.8 Å². The fraction of sp³-hybridized carbons (Fsp3) is 0.286. The van der Waals surface area contributed by atoms with Crippen molar-refractivity contribution in [2.45, 2.75) is 31.5 Å². The molecule has 1 aromatic heterocycles. The van der Waals surface area contributed by atoms with Crippen LogP contribution in [0.4, 0.5) is 5.69 Å². The third-order valence-electron chi connectivity index (χ3n) is 4.89. The van der Waals surface area contributed by atoms with Crippen LogP contribution in [0, 0.1) is 0 Å². The molecule has 1 atom stereocenters. The van der Waals surface area contributed by atoms with Crippen molar-refractivity contribution in [3.05, 3.63) is 54.1 Å². The van der Waals surface area contributed by atoms with Gasteiger partial charge in [-0.25, -0.2) is 4.68 Å². The number of aromatic nitrogens is 3. The van der Waals surface area contributed by atoms with Gasteiger partial charge in [0, 0.05) is 17.3 Å². The number of nitrogens with two attached hydrogens (primary N) is 1. The van der Waals surface area contributed by atoms with Gasteiger partial charge in [0.2, 0.25) is 11.1 Å². The Morgan fingerprint density at radius 3 is 2.72 bits per heavy atom. The zero-order valence-electron chi connectivity index (χ0n) is 16.4. The molecule has 0 saturated carbocycles. The molecule has 3 aromatic rings. The Kier molecular flexibility index (Phi) is 5.44. The molecule has 2 aromatic carbocycles. The first kappa shape index (κ1) is 19.3. The molecule has 150 valence electrons. The van der Waals surface area contributed by atoms with E-state index in [1.807, 2.05) is 54.3 Å². The van der Waals surface area contributed by atoms with Gasteiger partial charge in [0.25, 0.3) is 0 Å².